The molecule has 1 heterocycles. The Morgan fingerprint density at radius 2 is 1.56 bits per heavy atom. The minimum absolute atomic E-state index is 0.254. The monoisotopic (exact) mass is 355 g/mol. The van der Waals surface area contributed by atoms with Crippen LogP contribution in [-0.2, 0) is 16.4 Å². The maximum atomic E-state index is 12.7. The van der Waals surface area contributed by atoms with Gasteiger partial charge in [-0.05, 0) is 36.2 Å². The molecule has 0 bridgehead atoms. The smallest absolute Gasteiger partial charge is 0.243 e. The fraction of sp³-hybridized carbons (Fsp3) is 0.316. The van der Waals surface area contributed by atoms with E-state index in [1.807, 2.05) is 24.3 Å². The number of benzene rings is 2. The van der Waals surface area contributed by atoms with Gasteiger partial charge in [0.2, 0.25) is 10.0 Å². The van der Waals surface area contributed by atoms with Gasteiger partial charge in [0, 0.05) is 32.7 Å². The van der Waals surface area contributed by atoms with E-state index >= 15 is 0 Å². The lowest BCUT2D eigenvalue weighted by Gasteiger charge is -2.34. The molecule has 0 unspecified atom stereocenters. The Kier molecular flexibility index (Phi) is 5.49. The maximum Gasteiger partial charge on any atom is 0.243 e. The standard InChI is InChI=1S/C19H21N3O2S/c20-16-18-6-8-19(9-7-18)25(23,24)22-14-12-21(13-15-22)11-10-17-4-2-1-3-5-17/h1-9H,10-15H2. The molecule has 1 aliphatic heterocycles. The Balaban J connectivity index is 1.56. The van der Waals surface area contributed by atoms with Gasteiger partial charge in [-0.2, -0.15) is 9.57 Å². The lowest BCUT2D eigenvalue weighted by molar-refractivity contribution is 0.190. The van der Waals surface area contributed by atoms with Crippen LogP contribution in [-0.4, -0.2) is 50.3 Å². The highest BCUT2D eigenvalue weighted by atomic mass is 32.2. The summed E-state index contributed by atoms with van der Waals surface area (Å²) in [4.78, 5) is 2.56. The van der Waals surface area contributed by atoms with Crippen molar-refractivity contribution < 1.29 is 8.42 Å². The first-order chi connectivity index (χ1) is 12.1. The van der Waals surface area contributed by atoms with Crippen LogP contribution in [0.25, 0.3) is 0 Å². The van der Waals surface area contributed by atoms with Crippen molar-refractivity contribution in [3.05, 3.63) is 65.7 Å². The molecule has 0 saturated carbocycles. The Morgan fingerprint density at radius 1 is 0.920 bits per heavy atom. The quantitative estimate of drug-likeness (QED) is 0.824. The summed E-state index contributed by atoms with van der Waals surface area (Å²) in [7, 11) is -3.48. The van der Waals surface area contributed by atoms with Crippen molar-refractivity contribution in [2.75, 3.05) is 32.7 Å². The molecule has 1 saturated heterocycles. The molecule has 0 radical (unpaired) electrons. The normalized spacial score (nSPS) is 16.4. The lowest BCUT2D eigenvalue weighted by Crippen LogP contribution is -2.48. The molecular formula is C19H21N3O2S. The van der Waals surface area contributed by atoms with Crippen LogP contribution >= 0.6 is 0 Å². The van der Waals surface area contributed by atoms with E-state index in [0.29, 0.717) is 18.7 Å². The number of piperazine rings is 1. The maximum absolute atomic E-state index is 12.7. The number of hydrogen-bond donors (Lipinski definition) is 0. The molecule has 5 nitrogen and oxygen atoms in total. The third-order valence-electron chi connectivity index (χ3n) is 4.51. The zero-order valence-corrected chi connectivity index (χ0v) is 14.8. The molecule has 0 atom stereocenters. The highest BCUT2D eigenvalue weighted by Crippen LogP contribution is 2.18. The molecule has 2 aromatic carbocycles. The summed E-state index contributed by atoms with van der Waals surface area (Å²) < 4.78 is 26.9. The van der Waals surface area contributed by atoms with Gasteiger partial charge >= 0.3 is 0 Å². The summed E-state index contributed by atoms with van der Waals surface area (Å²) in [5.74, 6) is 0. The number of sulfonamides is 1. The Hall–Kier alpha value is -2.20. The van der Waals surface area contributed by atoms with Gasteiger partial charge in [0.05, 0.1) is 16.5 Å². The summed E-state index contributed by atoms with van der Waals surface area (Å²) in [6.45, 7) is 3.41. The molecule has 0 spiro atoms. The van der Waals surface area contributed by atoms with E-state index in [1.165, 1.54) is 22.0 Å². The van der Waals surface area contributed by atoms with Crippen LogP contribution in [0.3, 0.4) is 0 Å². The SMILES string of the molecule is N#Cc1ccc(S(=O)(=O)N2CCN(CCc3ccccc3)CC2)cc1. The van der Waals surface area contributed by atoms with Crippen LogP contribution < -0.4 is 0 Å². The van der Waals surface area contributed by atoms with Crippen molar-refractivity contribution in [3.8, 4) is 6.07 Å². The van der Waals surface area contributed by atoms with Crippen molar-refractivity contribution in [1.29, 1.82) is 5.26 Å². The van der Waals surface area contributed by atoms with Crippen molar-refractivity contribution >= 4 is 10.0 Å². The Bertz CT molecular complexity index is 834. The van der Waals surface area contributed by atoms with Gasteiger partial charge in [0.1, 0.15) is 0 Å². The van der Waals surface area contributed by atoms with Crippen LogP contribution in [0.15, 0.2) is 59.5 Å². The first kappa shape index (κ1) is 17.6. The van der Waals surface area contributed by atoms with Gasteiger partial charge in [-0.15, -0.1) is 0 Å². The fourth-order valence-electron chi connectivity index (χ4n) is 2.98. The second kappa shape index (κ2) is 7.79. The van der Waals surface area contributed by atoms with Gasteiger partial charge in [-0.1, -0.05) is 30.3 Å². The molecular weight excluding hydrogens is 334 g/mol. The predicted molar refractivity (Wildman–Crippen MR) is 96.5 cm³/mol. The van der Waals surface area contributed by atoms with E-state index in [1.54, 1.807) is 12.1 Å². The predicted octanol–water partition coefficient (Wildman–Crippen LogP) is 2.11. The van der Waals surface area contributed by atoms with Crippen LogP contribution in [0.1, 0.15) is 11.1 Å². The average Bonchev–Trinajstić information content (AvgIpc) is 2.67. The summed E-state index contributed by atoms with van der Waals surface area (Å²) in [6, 6.07) is 18.4. The van der Waals surface area contributed by atoms with Crippen LogP contribution in [0.5, 0.6) is 0 Å². The highest BCUT2D eigenvalue weighted by molar-refractivity contribution is 7.89. The summed E-state index contributed by atoms with van der Waals surface area (Å²) in [5.41, 5.74) is 1.76. The fourth-order valence-corrected chi connectivity index (χ4v) is 4.40. The first-order valence-electron chi connectivity index (χ1n) is 8.36. The lowest BCUT2D eigenvalue weighted by atomic mass is 10.1. The van der Waals surface area contributed by atoms with Crippen molar-refractivity contribution in [3.63, 3.8) is 0 Å². The molecule has 0 amide bonds. The molecule has 6 heteroatoms. The van der Waals surface area contributed by atoms with Crippen molar-refractivity contribution in [1.82, 2.24) is 9.21 Å². The zero-order chi connectivity index (χ0) is 17.7. The van der Waals surface area contributed by atoms with Gasteiger partial charge in [-0.25, -0.2) is 8.42 Å². The molecule has 1 aliphatic rings. The molecule has 3 rings (SSSR count). The topological polar surface area (TPSA) is 64.4 Å². The summed E-state index contributed by atoms with van der Waals surface area (Å²) in [6.07, 6.45) is 0.975. The molecule has 0 aliphatic carbocycles. The Morgan fingerprint density at radius 3 is 2.16 bits per heavy atom. The van der Waals surface area contributed by atoms with E-state index in [-0.39, 0.29) is 4.90 Å². The van der Waals surface area contributed by atoms with Gasteiger partial charge in [0.25, 0.3) is 0 Å². The zero-order valence-electron chi connectivity index (χ0n) is 14.0. The summed E-state index contributed by atoms with van der Waals surface area (Å²) in [5, 5.41) is 8.83. The molecule has 1 fully saturated rings. The van der Waals surface area contributed by atoms with Crippen molar-refractivity contribution in [2.45, 2.75) is 11.3 Å². The largest absolute Gasteiger partial charge is 0.300 e. The molecule has 130 valence electrons. The molecule has 25 heavy (non-hydrogen) atoms. The van der Waals surface area contributed by atoms with Crippen LogP contribution in [0.4, 0.5) is 0 Å². The minimum atomic E-state index is -3.48. The first-order valence-corrected chi connectivity index (χ1v) is 9.80. The second-order valence-corrected chi connectivity index (χ2v) is 8.06. The molecule has 0 N–H and O–H groups in total. The third-order valence-corrected chi connectivity index (χ3v) is 6.42. The van der Waals surface area contributed by atoms with E-state index in [2.05, 4.69) is 17.0 Å². The van der Waals surface area contributed by atoms with E-state index in [9.17, 15) is 8.42 Å². The molecule has 2 aromatic rings. The number of rotatable bonds is 5. The van der Waals surface area contributed by atoms with Crippen LogP contribution in [0.2, 0.25) is 0 Å². The number of hydrogen-bond acceptors (Lipinski definition) is 4. The summed E-state index contributed by atoms with van der Waals surface area (Å²) >= 11 is 0. The minimum Gasteiger partial charge on any atom is -0.300 e. The number of nitriles is 1. The van der Waals surface area contributed by atoms with Gasteiger partial charge in [0.15, 0.2) is 0 Å². The third kappa shape index (κ3) is 4.26. The van der Waals surface area contributed by atoms with Crippen LogP contribution in [0, 0.1) is 11.3 Å². The van der Waals surface area contributed by atoms with Crippen molar-refractivity contribution in [2.24, 2.45) is 0 Å². The van der Waals surface area contributed by atoms with E-state index < -0.39 is 10.0 Å². The average molecular weight is 355 g/mol. The van der Waals surface area contributed by atoms with E-state index in [0.717, 1.165) is 26.1 Å². The Labute approximate surface area is 149 Å². The highest BCUT2D eigenvalue weighted by Gasteiger charge is 2.28. The second-order valence-electron chi connectivity index (χ2n) is 6.12. The van der Waals surface area contributed by atoms with Gasteiger partial charge < -0.3 is 4.90 Å². The number of nitrogens with zero attached hydrogens (tertiary/aromatic N) is 3. The van der Waals surface area contributed by atoms with E-state index in [4.69, 9.17) is 5.26 Å². The molecule has 0 aromatic heterocycles. The van der Waals surface area contributed by atoms with Gasteiger partial charge in [-0.3, -0.25) is 0 Å².